The lowest BCUT2D eigenvalue weighted by molar-refractivity contribution is -0.0641. The van der Waals surface area contributed by atoms with Gasteiger partial charge in [-0.2, -0.15) is 0 Å². The Kier molecular flexibility index (Phi) is 3.15. The van der Waals surface area contributed by atoms with E-state index in [0.29, 0.717) is 23.7 Å². The molecule has 4 aliphatic rings. The average Bonchev–Trinajstić information content (AvgIpc) is 3.60. The third-order valence-corrected chi connectivity index (χ3v) is 8.95. The van der Waals surface area contributed by atoms with Crippen LogP contribution in [0.5, 0.6) is 0 Å². The van der Waals surface area contributed by atoms with Crippen molar-refractivity contribution in [3.05, 3.63) is 143 Å². The first-order valence-corrected chi connectivity index (χ1v) is 11.9. The predicted molar refractivity (Wildman–Crippen MR) is 125 cm³/mol. The molecule has 1 nitrogen and oxygen atoms in total. The zero-order valence-corrected chi connectivity index (χ0v) is 17.8. The summed E-state index contributed by atoms with van der Waals surface area (Å²) in [5, 5.41) is 0. The first-order chi connectivity index (χ1) is 15.9. The highest BCUT2D eigenvalue weighted by Gasteiger charge is 2.77. The highest BCUT2D eigenvalue weighted by Crippen LogP contribution is 2.79. The third kappa shape index (κ3) is 1.76. The molecule has 2 aliphatic carbocycles. The molecule has 4 bridgehead atoms. The van der Waals surface area contributed by atoms with Crippen molar-refractivity contribution in [2.75, 3.05) is 0 Å². The van der Waals surface area contributed by atoms with E-state index in [4.69, 9.17) is 4.74 Å². The molecule has 0 aromatic heterocycles. The Balaban J connectivity index is 1.50. The SMILES string of the molecule is c1ccc(C23OC(c4ccccc4)(c4ccccc42)C2C4CC(c5ccccc54)C23)cc1. The van der Waals surface area contributed by atoms with Crippen LogP contribution in [0.15, 0.2) is 109 Å². The predicted octanol–water partition coefficient (Wildman–Crippen LogP) is 6.73. The summed E-state index contributed by atoms with van der Waals surface area (Å²) in [6.07, 6.45) is 1.25. The van der Waals surface area contributed by atoms with Crippen LogP contribution in [0.3, 0.4) is 0 Å². The van der Waals surface area contributed by atoms with E-state index in [9.17, 15) is 0 Å². The Morgan fingerprint density at radius 1 is 0.500 bits per heavy atom. The zero-order valence-electron chi connectivity index (χ0n) is 17.8. The molecule has 1 heteroatoms. The molecule has 2 aliphatic heterocycles. The molecule has 8 rings (SSSR count). The second-order valence-corrected chi connectivity index (χ2v) is 9.98. The van der Waals surface area contributed by atoms with Crippen molar-refractivity contribution in [3.63, 3.8) is 0 Å². The smallest absolute Gasteiger partial charge is 0.124 e. The lowest BCUT2D eigenvalue weighted by Gasteiger charge is -2.43. The molecular formula is C31H24O. The van der Waals surface area contributed by atoms with Crippen molar-refractivity contribution >= 4 is 0 Å². The number of ether oxygens (including phenoxy) is 1. The van der Waals surface area contributed by atoms with Gasteiger partial charge in [-0.1, -0.05) is 109 Å². The van der Waals surface area contributed by atoms with Gasteiger partial charge in [-0.15, -0.1) is 0 Å². The Morgan fingerprint density at radius 2 is 0.906 bits per heavy atom. The van der Waals surface area contributed by atoms with Gasteiger partial charge in [0.1, 0.15) is 11.2 Å². The molecule has 0 radical (unpaired) electrons. The summed E-state index contributed by atoms with van der Waals surface area (Å²) in [7, 11) is 0. The standard InChI is InChI=1S/C31H24O/c1-3-11-20(12-4-1)30-26-17-9-10-18-27(26)31(32-30,21-13-5-2-6-14-21)29-25-19-24(28(29)30)22-15-7-8-16-23(22)25/h1-18,24-25,28-29H,19H2. The molecule has 1 saturated carbocycles. The Bertz CT molecular complexity index is 1260. The van der Waals surface area contributed by atoms with Crippen LogP contribution in [0.4, 0.5) is 0 Å². The third-order valence-electron chi connectivity index (χ3n) is 8.95. The summed E-state index contributed by atoms with van der Waals surface area (Å²) < 4.78 is 7.57. The Hall–Kier alpha value is -3.16. The Morgan fingerprint density at radius 3 is 1.38 bits per heavy atom. The summed E-state index contributed by atoms with van der Waals surface area (Å²) in [6.45, 7) is 0. The molecule has 1 saturated heterocycles. The number of benzene rings is 4. The van der Waals surface area contributed by atoms with E-state index in [1.165, 1.54) is 28.7 Å². The van der Waals surface area contributed by atoms with Crippen LogP contribution in [0.1, 0.15) is 51.6 Å². The minimum absolute atomic E-state index is 0.398. The van der Waals surface area contributed by atoms with E-state index >= 15 is 0 Å². The summed E-state index contributed by atoms with van der Waals surface area (Å²) in [6, 6.07) is 40.4. The maximum atomic E-state index is 7.57. The van der Waals surface area contributed by atoms with Crippen LogP contribution < -0.4 is 0 Å². The van der Waals surface area contributed by atoms with Gasteiger partial charge < -0.3 is 4.74 Å². The molecule has 6 unspecified atom stereocenters. The summed E-state index contributed by atoms with van der Waals surface area (Å²) in [4.78, 5) is 0. The molecule has 0 spiro atoms. The van der Waals surface area contributed by atoms with E-state index < -0.39 is 11.2 Å². The maximum absolute atomic E-state index is 7.57. The van der Waals surface area contributed by atoms with Gasteiger partial charge in [-0.3, -0.25) is 0 Å². The van der Waals surface area contributed by atoms with E-state index in [0.717, 1.165) is 0 Å². The molecular weight excluding hydrogens is 388 g/mol. The van der Waals surface area contributed by atoms with Gasteiger partial charge in [0.05, 0.1) is 0 Å². The van der Waals surface area contributed by atoms with Gasteiger partial charge in [-0.05, 0) is 51.6 Å². The molecule has 4 aromatic carbocycles. The Labute approximate surface area is 188 Å². The van der Waals surface area contributed by atoms with Gasteiger partial charge in [0.25, 0.3) is 0 Å². The normalized spacial score (nSPS) is 34.9. The molecule has 154 valence electrons. The van der Waals surface area contributed by atoms with Gasteiger partial charge >= 0.3 is 0 Å². The summed E-state index contributed by atoms with van der Waals surface area (Å²) in [5.74, 6) is 1.97. The van der Waals surface area contributed by atoms with Crippen molar-refractivity contribution < 1.29 is 4.74 Å². The fourth-order valence-corrected chi connectivity index (χ4v) is 8.14. The summed E-state index contributed by atoms with van der Waals surface area (Å²) in [5.41, 5.74) is 7.70. The van der Waals surface area contributed by atoms with E-state index in [-0.39, 0.29) is 0 Å². The van der Waals surface area contributed by atoms with E-state index in [2.05, 4.69) is 109 Å². The van der Waals surface area contributed by atoms with Crippen LogP contribution in [0, 0.1) is 11.8 Å². The first kappa shape index (κ1) is 17.4. The van der Waals surface area contributed by atoms with Gasteiger partial charge in [0, 0.05) is 11.8 Å². The van der Waals surface area contributed by atoms with E-state index in [1.807, 2.05) is 0 Å². The van der Waals surface area contributed by atoms with Crippen LogP contribution in [0.2, 0.25) is 0 Å². The van der Waals surface area contributed by atoms with Gasteiger partial charge in [-0.25, -0.2) is 0 Å². The highest BCUT2D eigenvalue weighted by atomic mass is 16.5. The fraction of sp³-hybridized carbons (Fsp3) is 0.226. The van der Waals surface area contributed by atoms with Crippen molar-refractivity contribution in [2.45, 2.75) is 29.5 Å². The van der Waals surface area contributed by atoms with Gasteiger partial charge in [0.15, 0.2) is 0 Å². The van der Waals surface area contributed by atoms with Crippen molar-refractivity contribution in [2.24, 2.45) is 11.8 Å². The van der Waals surface area contributed by atoms with Crippen molar-refractivity contribution in [1.82, 2.24) is 0 Å². The van der Waals surface area contributed by atoms with Crippen LogP contribution in [-0.4, -0.2) is 0 Å². The average molecular weight is 413 g/mol. The fourth-order valence-electron chi connectivity index (χ4n) is 8.14. The minimum Gasteiger partial charge on any atom is -0.349 e. The molecule has 2 fully saturated rings. The lowest BCUT2D eigenvalue weighted by Crippen LogP contribution is -2.42. The van der Waals surface area contributed by atoms with Crippen LogP contribution >= 0.6 is 0 Å². The number of fused-ring (bicyclic) bond motifs is 15. The topological polar surface area (TPSA) is 9.23 Å². The number of rotatable bonds is 2. The summed E-state index contributed by atoms with van der Waals surface area (Å²) >= 11 is 0. The van der Waals surface area contributed by atoms with Crippen molar-refractivity contribution in [1.29, 1.82) is 0 Å². The zero-order chi connectivity index (χ0) is 20.9. The molecule has 0 N–H and O–H groups in total. The lowest BCUT2D eigenvalue weighted by atomic mass is 9.55. The molecule has 6 atom stereocenters. The number of hydrogen-bond donors (Lipinski definition) is 0. The molecule has 32 heavy (non-hydrogen) atoms. The highest BCUT2D eigenvalue weighted by molar-refractivity contribution is 5.62. The number of hydrogen-bond acceptors (Lipinski definition) is 1. The molecule has 4 aromatic rings. The second-order valence-electron chi connectivity index (χ2n) is 9.98. The van der Waals surface area contributed by atoms with E-state index in [1.54, 1.807) is 11.1 Å². The second kappa shape index (κ2) is 5.79. The van der Waals surface area contributed by atoms with Crippen molar-refractivity contribution in [3.8, 4) is 0 Å². The minimum atomic E-state index is -0.398. The largest absolute Gasteiger partial charge is 0.349 e. The first-order valence-electron chi connectivity index (χ1n) is 11.9. The molecule has 0 amide bonds. The quantitative estimate of drug-likeness (QED) is 0.354. The van der Waals surface area contributed by atoms with Crippen LogP contribution in [-0.2, 0) is 15.9 Å². The monoisotopic (exact) mass is 412 g/mol. The maximum Gasteiger partial charge on any atom is 0.124 e. The van der Waals surface area contributed by atoms with Gasteiger partial charge in [0.2, 0.25) is 0 Å². The van der Waals surface area contributed by atoms with Crippen LogP contribution in [0.25, 0.3) is 0 Å². The molecule has 2 heterocycles.